The molecule has 7 nitrogen and oxygen atoms in total. The molecule has 2 N–H and O–H groups in total. The van der Waals surface area contributed by atoms with E-state index in [-0.39, 0.29) is 18.1 Å². The fourth-order valence-electron chi connectivity index (χ4n) is 3.51. The fourth-order valence-corrected chi connectivity index (χ4v) is 3.51. The molecule has 1 aliphatic carbocycles. The molecule has 29 heavy (non-hydrogen) atoms. The Morgan fingerprint density at radius 2 is 2.10 bits per heavy atom. The summed E-state index contributed by atoms with van der Waals surface area (Å²) in [6.45, 7) is 2.43. The van der Waals surface area contributed by atoms with Crippen LogP contribution in [0.15, 0.2) is 36.5 Å². The van der Waals surface area contributed by atoms with Gasteiger partial charge >= 0.3 is 6.03 Å². The van der Waals surface area contributed by atoms with Gasteiger partial charge in [0.15, 0.2) is 0 Å². The van der Waals surface area contributed by atoms with Crippen molar-refractivity contribution in [1.82, 2.24) is 15.3 Å². The molecular weight excluding hydrogens is 373 g/mol. The molecule has 3 rings (SSSR count). The first-order chi connectivity index (χ1) is 14.1. The van der Waals surface area contributed by atoms with Gasteiger partial charge in [-0.05, 0) is 38.0 Å². The highest BCUT2D eigenvalue weighted by Crippen LogP contribution is 2.26. The number of benzene rings is 1. The highest BCUT2D eigenvalue weighted by molar-refractivity contribution is 5.98. The Balaban J connectivity index is 1.87. The zero-order valence-corrected chi connectivity index (χ0v) is 16.9. The molecule has 0 saturated heterocycles. The van der Waals surface area contributed by atoms with Gasteiger partial charge in [-0.25, -0.2) is 19.1 Å². The van der Waals surface area contributed by atoms with Crippen molar-refractivity contribution < 1.29 is 13.9 Å². The number of amides is 2. The Morgan fingerprint density at radius 3 is 2.83 bits per heavy atom. The summed E-state index contributed by atoms with van der Waals surface area (Å²) in [4.78, 5) is 23.2. The van der Waals surface area contributed by atoms with Crippen LogP contribution in [0.25, 0.3) is 0 Å². The smallest absolute Gasteiger partial charge is 0.327 e. The highest BCUT2D eigenvalue weighted by atomic mass is 19.1. The number of anilines is 3. The van der Waals surface area contributed by atoms with Crippen molar-refractivity contribution in [3.63, 3.8) is 0 Å². The minimum Gasteiger partial charge on any atom is -0.383 e. The lowest BCUT2D eigenvalue weighted by Gasteiger charge is -2.28. The number of methoxy groups -OCH3 is 1. The minimum atomic E-state index is -0.418. The van der Waals surface area contributed by atoms with E-state index in [0.717, 1.165) is 25.7 Å². The lowest BCUT2D eigenvalue weighted by molar-refractivity contribution is 0.190. The first-order valence-electron chi connectivity index (χ1n) is 10.0. The van der Waals surface area contributed by atoms with E-state index in [1.807, 2.05) is 6.92 Å². The van der Waals surface area contributed by atoms with Crippen molar-refractivity contribution in [3.05, 3.63) is 42.3 Å². The fraction of sp³-hybridized carbons (Fsp3) is 0.476. The van der Waals surface area contributed by atoms with Gasteiger partial charge in [-0.2, -0.15) is 4.98 Å². The maximum Gasteiger partial charge on any atom is 0.327 e. The number of ether oxygens (including phenoxy) is 1. The Bertz CT molecular complexity index is 813. The van der Waals surface area contributed by atoms with Gasteiger partial charge in [-0.15, -0.1) is 0 Å². The first-order valence-corrected chi connectivity index (χ1v) is 10.0. The Hall–Kier alpha value is -2.74. The van der Waals surface area contributed by atoms with Crippen molar-refractivity contribution in [2.45, 2.75) is 51.1 Å². The number of hydrogen-bond acceptors (Lipinski definition) is 5. The predicted octanol–water partition coefficient (Wildman–Crippen LogP) is 4.24. The van der Waals surface area contributed by atoms with E-state index < -0.39 is 5.82 Å². The third-order valence-corrected chi connectivity index (χ3v) is 4.86. The van der Waals surface area contributed by atoms with E-state index in [2.05, 4.69) is 20.6 Å². The van der Waals surface area contributed by atoms with Gasteiger partial charge in [0.25, 0.3) is 0 Å². The zero-order chi connectivity index (χ0) is 20.6. The van der Waals surface area contributed by atoms with E-state index in [9.17, 15) is 9.18 Å². The van der Waals surface area contributed by atoms with Gasteiger partial charge in [0.1, 0.15) is 11.6 Å². The normalized spacial score (nSPS) is 15.6. The van der Waals surface area contributed by atoms with Gasteiger partial charge < -0.3 is 15.4 Å². The number of carbonyl (C=O) groups is 1. The van der Waals surface area contributed by atoms with Gasteiger partial charge in [0, 0.05) is 31.5 Å². The topological polar surface area (TPSA) is 79.4 Å². The molecule has 2 aromatic rings. The Morgan fingerprint density at radius 1 is 1.31 bits per heavy atom. The van der Waals surface area contributed by atoms with E-state index in [1.165, 1.54) is 23.5 Å². The van der Waals surface area contributed by atoms with Crippen molar-refractivity contribution in [1.29, 1.82) is 0 Å². The molecule has 0 bridgehead atoms. The predicted molar refractivity (Wildman–Crippen MR) is 111 cm³/mol. The van der Waals surface area contributed by atoms with Gasteiger partial charge in [0.05, 0.1) is 12.3 Å². The van der Waals surface area contributed by atoms with Gasteiger partial charge in [-0.1, -0.05) is 25.3 Å². The number of carbonyl (C=O) groups excluding carboxylic acids is 1. The van der Waals surface area contributed by atoms with Crippen LogP contribution in [0.2, 0.25) is 0 Å². The lowest BCUT2D eigenvalue weighted by Crippen LogP contribution is -2.44. The minimum absolute atomic E-state index is 0.00562. The second kappa shape index (κ2) is 10.2. The molecule has 8 heteroatoms. The SMILES string of the molecule is COC[C@H](C)Nc1nccc(N(C(=O)NC2CCCCC2)c2cccc(F)c2)n1. The molecular formula is C21H28FN5O2. The van der Waals surface area contributed by atoms with Crippen molar-refractivity contribution in [2.75, 3.05) is 23.9 Å². The molecule has 156 valence electrons. The molecule has 1 aromatic carbocycles. The summed E-state index contributed by atoms with van der Waals surface area (Å²) in [5.41, 5.74) is 0.410. The number of halogens is 1. The van der Waals surface area contributed by atoms with E-state index in [0.29, 0.717) is 24.1 Å². The van der Waals surface area contributed by atoms with E-state index in [4.69, 9.17) is 4.74 Å². The van der Waals surface area contributed by atoms with Gasteiger partial charge in [0.2, 0.25) is 5.95 Å². The van der Waals surface area contributed by atoms with E-state index in [1.54, 1.807) is 31.5 Å². The number of rotatable bonds is 7. The molecule has 1 atom stereocenters. The Kier molecular flexibility index (Phi) is 7.35. The number of nitrogens with one attached hydrogen (secondary N) is 2. The van der Waals surface area contributed by atoms with Crippen LogP contribution in [0.4, 0.5) is 26.6 Å². The molecule has 0 aliphatic heterocycles. The average Bonchev–Trinajstić information content (AvgIpc) is 2.69. The van der Waals surface area contributed by atoms with Crippen molar-refractivity contribution in [2.24, 2.45) is 0 Å². The van der Waals surface area contributed by atoms with Crippen LogP contribution < -0.4 is 15.5 Å². The Labute approximate surface area is 170 Å². The molecule has 1 aromatic heterocycles. The van der Waals surface area contributed by atoms with E-state index >= 15 is 0 Å². The summed E-state index contributed by atoms with van der Waals surface area (Å²) in [6, 6.07) is 7.36. The van der Waals surface area contributed by atoms with Crippen LogP contribution in [0.5, 0.6) is 0 Å². The molecule has 1 fully saturated rings. The average molecular weight is 401 g/mol. The van der Waals surface area contributed by atoms with Crippen LogP contribution in [0, 0.1) is 5.82 Å². The summed E-state index contributed by atoms with van der Waals surface area (Å²) in [5, 5.41) is 6.22. The van der Waals surface area contributed by atoms with Crippen molar-refractivity contribution in [3.8, 4) is 0 Å². The van der Waals surface area contributed by atoms with Crippen LogP contribution in [-0.2, 0) is 4.74 Å². The summed E-state index contributed by atoms with van der Waals surface area (Å²) >= 11 is 0. The number of urea groups is 1. The first kappa shape index (κ1) is 21.0. The van der Waals surface area contributed by atoms with Crippen molar-refractivity contribution >= 4 is 23.5 Å². The summed E-state index contributed by atoms with van der Waals surface area (Å²) in [7, 11) is 1.62. The summed E-state index contributed by atoms with van der Waals surface area (Å²) in [5.74, 6) is 0.323. The third-order valence-electron chi connectivity index (χ3n) is 4.86. The van der Waals surface area contributed by atoms with Crippen LogP contribution >= 0.6 is 0 Å². The number of hydrogen-bond donors (Lipinski definition) is 2. The quantitative estimate of drug-likeness (QED) is 0.725. The second-order valence-electron chi connectivity index (χ2n) is 7.34. The standard InChI is InChI=1S/C21H28FN5O2/c1-15(14-29-2)24-20-23-12-11-19(26-20)27(18-10-6-7-16(22)13-18)21(28)25-17-8-4-3-5-9-17/h6-7,10-13,15,17H,3-5,8-9,14H2,1-2H3,(H,25,28)(H,23,24,26)/t15-/m0/s1. The largest absolute Gasteiger partial charge is 0.383 e. The molecule has 0 radical (unpaired) electrons. The number of aromatic nitrogens is 2. The maximum absolute atomic E-state index is 13.9. The lowest BCUT2D eigenvalue weighted by atomic mass is 9.96. The molecule has 1 saturated carbocycles. The number of nitrogens with zero attached hydrogens (tertiary/aromatic N) is 3. The van der Waals surface area contributed by atoms with Crippen LogP contribution in [-0.4, -0.2) is 41.8 Å². The third kappa shape index (κ3) is 5.87. The van der Waals surface area contributed by atoms with Gasteiger partial charge in [-0.3, -0.25) is 0 Å². The molecule has 1 aliphatic rings. The van der Waals surface area contributed by atoms with Crippen LogP contribution in [0.1, 0.15) is 39.0 Å². The monoisotopic (exact) mass is 401 g/mol. The summed E-state index contributed by atoms with van der Waals surface area (Å²) < 4.78 is 19.0. The second-order valence-corrected chi connectivity index (χ2v) is 7.34. The molecule has 0 unspecified atom stereocenters. The van der Waals surface area contributed by atoms with Crippen LogP contribution in [0.3, 0.4) is 0 Å². The zero-order valence-electron chi connectivity index (χ0n) is 16.9. The molecule has 1 heterocycles. The molecule has 0 spiro atoms. The molecule has 2 amide bonds. The summed E-state index contributed by atoms with van der Waals surface area (Å²) in [6.07, 6.45) is 6.88. The maximum atomic E-state index is 13.9. The highest BCUT2D eigenvalue weighted by Gasteiger charge is 2.24.